The number of hydroxylamine groups is 1. The Morgan fingerprint density at radius 1 is 1.00 bits per heavy atom. The zero-order valence-electron chi connectivity index (χ0n) is 5.15. The minimum absolute atomic E-state index is 0.889. The van der Waals surface area contributed by atoms with Gasteiger partial charge in [0.1, 0.15) is 0 Å². The molecule has 48 valence electrons. The number of hydrogen-bond acceptors (Lipinski definition) is 2. The molecule has 1 heterocycles. The van der Waals surface area contributed by atoms with Gasteiger partial charge < -0.3 is 4.84 Å². The molecule has 0 aromatic carbocycles. The first-order valence-corrected chi connectivity index (χ1v) is 3.35. The lowest BCUT2D eigenvalue weighted by Gasteiger charge is -2.08. The summed E-state index contributed by atoms with van der Waals surface area (Å²) in [5.41, 5.74) is 2.89. The minimum atomic E-state index is 0.889. The maximum absolute atomic E-state index is 5.02. The molecule has 0 bridgehead atoms. The Balaban J connectivity index is 2.00. The topological polar surface area (TPSA) is 21.3 Å². The van der Waals surface area contributed by atoms with Crippen LogP contribution in [-0.4, -0.2) is 13.2 Å². The largest absolute Gasteiger partial charge is 0.302 e. The van der Waals surface area contributed by atoms with Crippen LogP contribution in [0, 0.1) is 0 Å². The molecule has 0 aliphatic carbocycles. The molecule has 1 aliphatic rings. The summed E-state index contributed by atoms with van der Waals surface area (Å²) in [4.78, 5) is 5.02. The molecule has 1 fully saturated rings. The van der Waals surface area contributed by atoms with Crippen molar-refractivity contribution in [2.45, 2.75) is 25.7 Å². The van der Waals surface area contributed by atoms with E-state index in [4.69, 9.17) is 4.84 Å². The van der Waals surface area contributed by atoms with E-state index in [-0.39, 0.29) is 0 Å². The van der Waals surface area contributed by atoms with Crippen molar-refractivity contribution in [3.63, 3.8) is 0 Å². The fourth-order valence-electron chi connectivity index (χ4n) is 0.869. The molecular weight excluding hydrogens is 102 g/mol. The molecule has 1 rings (SSSR count). The van der Waals surface area contributed by atoms with E-state index < -0.39 is 0 Å². The summed E-state index contributed by atoms with van der Waals surface area (Å²) < 4.78 is 0. The van der Waals surface area contributed by atoms with E-state index >= 15 is 0 Å². The number of hydrogen-bond donors (Lipinski definition) is 1. The second-order valence-corrected chi connectivity index (χ2v) is 2.16. The maximum atomic E-state index is 5.02. The Labute approximate surface area is 50.2 Å². The molecule has 0 unspecified atom stereocenters. The highest BCUT2D eigenvalue weighted by atomic mass is 16.6. The van der Waals surface area contributed by atoms with Crippen LogP contribution in [0.1, 0.15) is 25.7 Å². The first-order valence-electron chi connectivity index (χ1n) is 3.35. The van der Waals surface area contributed by atoms with Crippen LogP contribution in [-0.2, 0) is 4.84 Å². The van der Waals surface area contributed by atoms with Gasteiger partial charge in [0, 0.05) is 6.54 Å². The van der Waals surface area contributed by atoms with Gasteiger partial charge in [-0.25, -0.2) is 5.48 Å². The standard InChI is InChI=1S/C6H13NO/c1-2-4-6-8-7-5-3-1/h7H,1-6H2. The van der Waals surface area contributed by atoms with E-state index in [1.54, 1.807) is 0 Å². The molecule has 0 aromatic rings. The van der Waals surface area contributed by atoms with Crippen LogP contribution in [0.4, 0.5) is 0 Å². The van der Waals surface area contributed by atoms with Crippen LogP contribution in [0.25, 0.3) is 0 Å². The molecule has 1 N–H and O–H groups in total. The van der Waals surface area contributed by atoms with Gasteiger partial charge in [-0.3, -0.25) is 0 Å². The quantitative estimate of drug-likeness (QED) is 0.510. The highest BCUT2D eigenvalue weighted by Crippen LogP contribution is 2.00. The molecule has 2 heteroatoms. The monoisotopic (exact) mass is 115 g/mol. The van der Waals surface area contributed by atoms with Crippen LogP contribution in [0.3, 0.4) is 0 Å². The predicted molar refractivity (Wildman–Crippen MR) is 32.4 cm³/mol. The average molecular weight is 115 g/mol. The van der Waals surface area contributed by atoms with Gasteiger partial charge in [0.05, 0.1) is 6.61 Å². The Bertz CT molecular complexity index is 32.5. The lowest BCUT2D eigenvalue weighted by atomic mass is 10.2. The van der Waals surface area contributed by atoms with Gasteiger partial charge in [-0.2, -0.15) is 0 Å². The zero-order valence-corrected chi connectivity index (χ0v) is 5.15. The van der Waals surface area contributed by atoms with Gasteiger partial charge in [0.25, 0.3) is 0 Å². The van der Waals surface area contributed by atoms with Crippen molar-refractivity contribution in [1.29, 1.82) is 0 Å². The van der Waals surface area contributed by atoms with Gasteiger partial charge in [0.2, 0.25) is 0 Å². The van der Waals surface area contributed by atoms with E-state index in [9.17, 15) is 0 Å². The molecule has 8 heavy (non-hydrogen) atoms. The van der Waals surface area contributed by atoms with Crippen LogP contribution in [0.5, 0.6) is 0 Å². The van der Waals surface area contributed by atoms with E-state index in [2.05, 4.69) is 5.48 Å². The van der Waals surface area contributed by atoms with E-state index in [1.165, 1.54) is 25.7 Å². The van der Waals surface area contributed by atoms with Crippen molar-refractivity contribution in [1.82, 2.24) is 5.48 Å². The Hall–Kier alpha value is -0.0800. The van der Waals surface area contributed by atoms with Crippen LogP contribution >= 0.6 is 0 Å². The summed E-state index contributed by atoms with van der Waals surface area (Å²) in [5.74, 6) is 0. The first-order chi connectivity index (χ1) is 4.00. The second kappa shape index (κ2) is 3.87. The molecule has 0 atom stereocenters. The van der Waals surface area contributed by atoms with Crippen molar-refractivity contribution in [3.05, 3.63) is 0 Å². The molecule has 0 spiro atoms. The van der Waals surface area contributed by atoms with Crippen molar-refractivity contribution >= 4 is 0 Å². The summed E-state index contributed by atoms with van der Waals surface area (Å²) in [5, 5.41) is 0. The SMILES string of the molecule is C1CCCONCC1. The van der Waals surface area contributed by atoms with Crippen LogP contribution in [0.15, 0.2) is 0 Å². The summed E-state index contributed by atoms with van der Waals surface area (Å²) >= 11 is 0. The fourth-order valence-corrected chi connectivity index (χ4v) is 0.869. The van der Waals surface area contributed by atoms with E-state index in [0.29, 0.717) is 0 Å². The first kappa shape index (κ1) is 6.05. The molecule has 2 nitrogen and oxygen atoms in total. The summed E-state index contributed by atoms with van der Waals surface area (Å²) in [7, 11) is 0. The predicted octanol–water partition coefficient (Wildman–Crippen LogP) is 1.08. The third-order valence-electron chi connectivity index (χ3n) is 1.38. The molecule has 0 aromatic heterocycles. The van der Waals surface area contributed by atoms with Gasteiger partial charge in [-0.05, 0) is 12.8 Å². The molecule has 1 aliphatic heterocycles. The van der Waals surface area contributed by atoms with Gasteiger partial charge >= 0.3 is 0 Å². The van der Waals surface area contributed by atoms with E-state index in [1.807, 2.05) is 0 Å². The smallest absolute Gasteiger partial charge is 0.0682 e. The van der Waals surface area contributed by atoms with Gasteiger partial charge in [-0.15, -0.1) is 0 Å². The number of nitrogens with one attached hydrogen (secondary N) is 1. The third kappa shape index (κ3) is 2.28. The summed E-state index contributed by atoms with van der Waals surface area (Å²) in [6.07, 6.45) is 5.17. The molecule has 0 amide bonds. The number of rotatable bonds is 0. The zero-order chi connectivity index (χ0) is 5.66. The Kier molecular flexibility index (Phi) is 2.92. The molecular formula is C6H13NO. The van der Waals surface area contributed by atoms with Gasteiger partial charge in [-0.1, -0.05) is 12.8 Å². The fraction of sp³-hybridized carbons (Fsp3) is 1.00. The Morgan fingerprint density at radius 2 is 1.88 bits per heavy atom. The van der Waals surface area contributed by atoms with Crippen LogP contribution in [0.2, 0.25) is 0 Å². The normalized spacial score (nSPS) is 24.0. The van der Waals surface area contributed by atoms with Crippen molar-refractivity contribution in [2.75, 3.05) is 13.2 Å². The second-order valence-electron chi connectivity index (χ2n) is 2.16. The maximum Gasteiger partial charge on any atom is 0.0682 e. The van der Waals surface area contributed by atoms with E-state index in [0.717, 1.165) is 13.2 Å². The molecule has 1 saturated heterocycles. The van der Waals surface area contributed by atoms with Crippen molar-refractivity contribution < 1.29 is 4.84 Å². The summed E-state index contributed by atoms with van der Waals surface area (Å²) in [6, 6.07) is 0. The highest BCUT2D eigenvalue weighted by Gasteiger charge is 1.94. The molecule has 0 radical (unpaired) electrons. The van der Waals surface area contributed by atoms with Gasteiger partial charge in [0.15, 0.2) is 0 Å². The van der Waals surface area contributed by atoms with Crippen LogP contribution < -0.4 is 5.48 Å². The lowest BCUT2D eigenvalue weighted by Crippen LogP contribution is -2.18. The average Bonchev–Trinajstić information content (AvgIpc) is 1.62. The third-order valence-corrected chi connectivity index (χ3v) is 1.38. The molecule has 0 saturated carbocycles. The summed E-state index contributed by atoms with van der Waals surface area (Å²) in [6.45, 7) is 1.92. The van der Waals surface area contributed by atoms with Crippen molar-refractivity contribution in [2.24, 2.45) is 0 Å². The highest BCUT2D eigenvalue weighted by molar-refractivity contribution is 4.46. The Morgan fingerprint density at radius 3 is 2.88 bits per heavy atom. The van der Waals surface area contributed by atoms with Crippen molar-refractivity contribution in [3.8, 4) is 0 Å². The lowest BCUT2D eigenvalue weighted by molar-refractivity contribution is 0.0307. The minimum Gasteiger partial charge on any atom is -0.302 e.